The Hall–Kier alpha value is -1.40. The van der Waals surface area contributed by atoms with Crippen LogP contribution < -0.4 is 10.1 Å². The molecule has 0 spiro atoms. The first-order chi connectivity index (χ1) is 9.08. The lowest BCUT2D eigenvalue weighted by atomic mass is 10.2. The van der Waals surface area contributed by atoms with Gasteiger partial charge in [0.05, 0.1) is 12.8 Å². The second-order valence-corrected chi connectivity index (χ2v) is 4.86. The smallest absolute Gasteiger partial charge is 0.165 e. The summed E-state index contributed by atoms with van der Waals surface area (Å²) in [6.45, 7) is 0.683. The number of imidazole rings is 1. The lowest BCUT2D eigenvalue weighted by Gasteiger charge is -2.07. The van der Waals surface area contributed by atoms with Gasteiger partial charge in [-0.1, -0.05) is 0 Å². The van der Waals surface area contributed by atoms with E-state index in [1.165, 1.54) is 13.2 Å². The van der Waals surface area contributed by atoms with Gasteiger partial charge < -0.3 is 14.6 Å². The van der Waals surface area contributed by atoms with Crippen molar-refractivity contribution in [2.45, 2.75) is 6.54 Å². The van der Waals surface area contributed by atoms with Crippen LogP contribution in [0.25, 0.3) is 11.4 Å². The summed E-state index contributed by atoms with van der Waals surface area (Å²) < 4.78 is 21.3. The van der Waals surface area contributed by atoms with Crippen LogP contribution >= 0.6 is 15.9 Å². The monoisotopic (exact) mass is 327 g/mol. The van der Waals surface area contributed by atoms with Gasteiger partial charge in [-0.3, -0.25) is 0 Å². The van der Waals surface area contributed by atoms with Crippen molar-refractivity contribution in [2.75, 3.05) is 14.2 Å². The van der Waals surface area contributed by atoms with E-state index in [2.05, 4.69) is 26.2 Å². The van der Waals surface area contributed by atoms with E-state index in [-0.39, 0.29) is 5.75 Å². The van der Waals surface area contributed by atoms with Gasteiger partial charge in [-0.15, -0.1) is 0 Å². The van der Waals surface area contributed by atoms with Gasteiger partial charge in [-0.2, -0.15) is 0 Å². The first-order valence-electron chi connectivity index (χ1n) is 5.78. The number of benzene rings is 1. The normalized spacial score (nSPS) is 10.8. The molecule has 0 radical (unpaired) electrons. The number of halogens is 2. The van der Waals surface area contributed by atoms with E-state index in [0.29, 0.717) is 17.9 Å². The summed E-state index contributed by atoms with van der Waals surface area (Å²) in [6.07, 6.45) is 0. The number of aromatic nitrogens is 2. The molecule has 1 aromatic heterocycles. The maximum Gasteiger partial charge on any atom is 0.165 e. The minimum Gasteiger partial charge on any atom is -0.494 e. The Balaban J connectivity index is 2.47. The Morgan fingerprint density at radius 3 is 2.79 bits per heavy atom. The summed E-state index contributed by atoms with van der Waals surface area (Å²) in [4.78, 5) is 4.43. The highest BCUT2D eigenvalue weighted by Gasteiger charge is 2.15. The Morgan fingerprint density at radius 2 is 2.21 bits per heavy atom. The van der Waals surface area contributed by atoms with Gasteiger partial charge in [0.1, 0.15) is 10.4 Å². The zero-order chi connectivity index (χ0) is 14.0. The average molecular weight is 328 g/mol. The van der Waals surface area contributed by atoms with Crippen molar-refractivity contribution in [3.8, 4) is 17.1 Å². The molecular formula is C13H15BrFN3O. The SMILES string of the molecule is CNCc1c(Br)nc(-c2ccc(OC)c(F)c2)n1C. The lowest BCUT2D eigenvalue weighted by molar-refractivity contribution is 0.386. The van der Waals surface area contributed by atoms with Crippen molar-refractivity contribution >= 4 is 15.9 Å². The number of hydrogen-bond acceptors (Lipinski definition) is 3. The fraction of sp³-hybridized carbons (Fsp3) is 0.308. The van der Waals surface area contributed by atoms with E-state index < -0.39 is 5.82 Å². The van der Waals surface area contributed by atoms with Crippen molar-refractivity contribution < 1.29 is 9.13 Å². The highest BCUT2D eigenvalue weighted by atomic mass is 79.9. The van der Waals surface area contributed by atoms with Crippen molar-refractivity contribution in [3.63, 3.8) is 0 Å². The van der Waals surface area contributed by atoms with Gasteiger partial charge in [-0.25, -0.2) is 9.37 Å². The van der Waals surface area contributed by atoms with Crippen LogP contribution in [-0.2, 0) is 13.6 Å². The van der Waals surface area contributed by atoms with Gasteiger partial charge in [-0.05, 0) is 41.2 Å². The fourth-order valence-corrected chi connectivity index (χ4v) is 2.50. The largest absolute Gasteiger partial charge is 0.494 e. The van der Waals surface area contributed by atoms with Crippen LogP contribution in [0.1, 0.15) is 5.69 Å². The van der Waals surface area contributed by atoms with Crippen molar-refractivity contribution in [3.05, 3.63) is 34.3 Å². The Labute approximate surface area is 119 Å². The van der Waals surface area contributed by atoms with Crippen molar-refractivity contribution in [1.82, 2.24) is 14.9 Å². The lowest BCUT2D eigenvalue weighted by Crippen LogP contribution is -2.10. The molecule has 2 rings (SSSR count). The molecule has 0 aliphatic carbocycles. The number of nitrogens with zero attached hydrogens (tertiary/aromatic N) is 2. The van der Waals surface area contributed by atoms with Gasteiger partial charge >= 0.3 is 0 Å². The molecule has 0 aliphatic heterocycles. The van der Waals surface area contributed by atoms with Gasteiger partial charge in [0, 0.05) is 19.2 Å². The summed E-state index contributed by atoms with van der Waals surface area (Å²) in [5.74, 6) is 0.542. The third kappa shape index (κ3) is 2.64. The number of methoxy groups -OCH3 is 1. The molecule has 0 bridgehead atoms. The predicted octanol–water partition coefficient (Wildman–Crippen LogP) is 2.72. The third-order valence-corrected chi connectivity index (χ3v) is 3.55. The number of rotatable bonds is 4. The van der Waals surface area contributed by atoms with Crippen LogP contribution in [0.3, 0.4) is 0 Å². The van der Waals surface area contributed by atoms with E-state index in [1.54, 1.807) is 12.1 Å². The van der Waals surface area contributed by atoms with Crippen LogP contribution in [0, 0.1) is 5.82 Å². The molecule has 6 heteroatoms. The first kappa shape index (κ1) is 14.0. The molecular weight excluding hydrogens is 313 g/mol. The Kier molecular flexibility index (Phi) is 4.21. The minimum atomic E-state index is -0.394. The molecule has 19 heavy (non-hydrogen) atoms. The highest BCUT2D eigenvalue weighted by molar-refractivity contribution is 9.10. The second kappa shape index (κ2) is 5.71. The number of nitrogens with one attached hydrogen (secondary N) is 1. The average Bonchev–Trinajstić information content (AvgIpc) is 2.67. The van der Waals surface area contributed by atoms with Crippen molar-refractivity contribution in [2.24, 2.45) is 7.05 Å². The van der Waals surface area contributed by atoms with Crippen LogP contribution in [0.2, 0.25) is 0 Å². The molecule has 0 amide bonds. The van der Waals surface area contributed by atoms with E-state index in [9.17, 15) is 4.39 Å². The highest BCUT2D eigenvalue weighted by Crippen LogP contribution is 2.28. The molecule has 1 N–H and O–H groups in total. The van der Waals surface area contributed by atoms with E-state index >= 15 is 0 Å². The number of ether oxygens (including phenoxy) is 1. The molecule has 1 heterocycles. The number of hydrogen-bond donors (Lipinski definition) is 1. The second-order valence-electron chi connectivity index (χ2n) is 4.11. The molecule has 4 nitrogen and oxygen atoms in total. The predicted molar refractivity (Wildman–Crippen MR) is 75.6 cm³/mol. The van der Waals surface area contributed by atoms with Gasteiger partial charge in [0.15, 0.2) is 11.6 Å². The molecule has 2 aromatic rings. The molecule has 0 aliphatic rings. The van der Waals surface area contributed by atoms with Crippen LogP contribution in [0.15, 0.2) is 22.8 Å². The summed E-state index contributed by atoms with van der Waals surface area (Å²) in [7, 11) is 5.22. The molecule has 102 valence electrons. The zero-order valence-corrected chi connectivity index (χ0v) is 12.6. The molecule has 0 saturated carbocycles. The minimum absolute atomic E-state index is 0.229. The van der Waals surface area contributed by atoms with Crippen LogP contribution in [-0.4, -0.2) is 23.7 Å². The quantitative estimate of drug-likeness (QED) is 0.938. The fourth-order valence-electron chi connectivity index (χ4n) is 1.92. The Bertz CT molecular complexity index is 598. The topological polar surface area (TPSA) is 39.1 Å². The molecule has 0 fully saturated rings. The molecule has 1 aromatic carbocycles. The first-order valence-corrected chi connectivity index (χ1v) is 6.57. The van der Waals surface area contributed by atoms with Crippen molar-refractivity contribution in [1.29, 1.82) is 0 Å². The van der Waals surface area contributed by atoms with Crippen LogP contribution in [0.5, 0.6) is 5.75 Å². The maximum atomic E-state index is 13.7. The summed E-state index contributed by atoms with van der Waals surface area (Å²) in [6, 6.07) is 4.82. The summed E-state index contributed by atoms with van der Waals surface area (Å²) in [5.41, 5.74) is 1.72. The maximum absolute atomic E-state index is 13.7. The van der Waals surface area contributed by atoms with E-state index in [1.807, 2.05) is 18.7 Å². The van der Waals surface area contributed by atoms with Gasteiger partial charge in [0.2, 0.25) is 0 Å². The standard InChI is InChI=1S/C13H15BrFN3O/c1-16-7-10-12(14)17-13(18(10)2)8-4-5-11(19-3)9(15)6-8/h4-6,16H,7H2,1-3H3. The summed E-state index contributed by atoms with van der Waals surface area (Å²) >= 11 is 3.42. The van der Waals surface area contributed by atoms with Crippen LogP contribution in [0.4, 0.5) is 4.39 Å². The molecule has 0 unspecified atom stereocenters. The Morgan fingerprint density at radius 1 is 1.47 bits per heavy atom. The molecule has 0 saturated heterocycles. The third-order valence-electron chi connectivity index (χ3n) is 2.92. The van der Waals surface area contributed by atoms with E-state index in [0.717, 1.165) is 10.3 Å². The summed E-state index contributed by atoms with van der Waals surface area (Å²) in [5, 5.41) is 3.08. The molecule has 0 atom stereocenters. The zero-order valence-electron chi connectivity index (χ0n) is 11.0. The van der Waals surface area contributed by atoms with E-state index in [4.69, 9.17) is 4.74 Å². The van der Waals surface area contributed by atoms with Gasteiger partial charge in [0.25, 0.3) is 0 Å².